The SMILES string of the molecule is COc1ccc(-n2nc(-c3ccccc3)cc2NC(=O)CN(CC(C)C)C(=O)NC2CCCCC2)cc1. The number of hydrogen-bond donors (Lipinski definition) is 2. The molecule has 4 rings (SSSR count). The summed E-state index contributed by atoms with van der Waals surface area (Å²) in [7, 11) is 1.62. The van der Waals surface area contributed by atoms with Crippen molar-refractivity contribution in [3.63, 3.8) is 0 Å². The van der Waals surface area contributed by atoms with Crippen molar-refractivity contribution in [1.82, 2.24) is 20.0 Å². The Hall–Kier alpha value is -3.81. The predicted octanol–water partition coefficient (Wildman–Crippen LogP) is 5.49. The molecule has 8 nitrogen and oxygen atoms in total. The Bertz CT molecular complexity index is 1170. The van der Waals surface area contributed by atoms with Gasteiger partial charge in [0.25, 0.3) is 0 Å². The molecule has 0 aliphatic heterocycles. The number of carbonyl (C=O) groups is 2. The lowest BCUT2D eigenvalue weighted by Gasteiger charge is -2.29. The van der Waals surface area contributed by atoms with Crippen LogP contribution in [-0.2, 0) is 4.79 Å². The van der Waals surface area contributed by atoms with E-state index >= 15 is 0 Å². The molecule has 0 unspecified atom stereocenters. The summed E-state index contributed by atoms with van der Waals surface area (Å²) in [4.78, 5) is 27.9. The molecule has 3 aromatic rings. The van der Waals surface area contributed by atoms with Crippen molar-refractivity contribution in [3.8, 4) is 22.7 Å². The zero-order chi connectivity index (χ0) is 26.2. The van der Waals surface area contributed by atoms with Gasteiger partial charge in [-0.25, -0.2) is 9.48 Å². The first-order valence-electron chi connectivity index (χ1n) is 13.1. The highest BCUT2D eigenvalue weighted by Crippen LogP contribution is 2.26. The van der Waals surface area contributed by atoms with Gasteiger partial charge in [0.2, 0.25) is 5.91 Å². The molecule has 0 radical (unpaired) electrons. The fourth-order valence-electron chi connectivity index (χ4n) is 4.67. The van der Waals surface area contributed by atoms with E-state index in [0.717, 1.165) is 48.4 Å². The highest BCUT2D eigenvalue weighted by atomic mass is 16.5. The molecule has 3 amide bonds. The third-order valence-corrected chi connectivity index (χ3v) is 6.50. The van der Waals surface area contributed by atoms with Crippen LogP contribution in [0, 0.1) is 5.92 Å². The molecule has 1 aromatic heterocycles. The van der Waals surface area contributed by atoms with Crippen LogP contribution in [-0.4, -0.2) is 52.9 Å². The zero-order valence-electron chi connectivity index (χ0n) is 21.9. The Morgan fingerprint density at radius 1 is 1.05 bits per heavy atom. The Morgan fingerprint density at radius 3 is 2.41 bits per heavy atom. The van der Waals surface area contributed by atoms with E-state index in [1.165, 1.54) is 6.42 Å². The van der Waals surface area contributed by atoms with E-state index in [-0.39, 0.29) is 30.4 Å². The van der Waals surface area contributed by atoms with Gasteiger partial charge < -0.3 is 20.3 Å². The van der Waals surface area contributed by atoms with E-state index in [2.05, 4.69) is 10.6 Å². The number of ether oxygens (including phenoxy) is 1. The largest absolute Gasteiger partial charge is 0.497 e. The lowest BCUT2D eigenvalue weighted by Crippen LogP contribution is -2.49. The Kier molecular flexibility index (Phi) is 8.82. The van der Waals surface area contributed by atoms with Crippen molar-refractivity contribution in [2.75, 3.05) is 25.5 Å². The molecule has 1 heterocycles. The minimum Gasteiger partial charge on any atom is -0.497 e. The number of anilines is 1. The van der Waals surface area contributed by atoms with Crippen molar-refractivity contribution < 1.29 is 14.3 Å². The van der Waals surface area contributed by atoms with Gasteiger partial charge in [0.1, 0.15) is 18.1 Å². The lowest BCUT2D eigenvalue weighted by molar-refractivity contribution is -0.116. The normalized spacial score (nSPS) is 13.8. The van der Waals surface area contributed by atoms with E-state index in [4.69, 9.17) is 9.84 Å². The van der Waals surface area contributed by atoms with E-state index in [0.29, 0.717) is 12.4 Å². The highest BCUT2D eigenvalue weighted by Gasteiger charge is 2.23. The maximum atomic E-state index is 13.2. The number of aromatic nitrogens is 2. The number of nitrogens with one attached hydrogen (secondary N) is 2. The number of benzene rings is 2. The predicted molar refractivity (Wildman–Crippen MR) is 146 cm³/mol. The van der Waals surface area contributed by atoms with Crippen molar-refractivity contribution >= 4 is 17.8 Å². The quantitative estimate of drug-likeness (QED) is 0.404. The molecule has 1 saturated carbocycles. The fraction of sp³-hybridized carbons (Fsp3) is 0.414. The van der Waals surface area contributed by atoms with Crippen molar-refractivity contribution in [2.24, 2.45) is 5.92 Å². The molecule has 1 aliphatic rings. The minimum atomic E-state index is -0.270. The summed E-state index contributed by atoms with van der Waals surface area (Å²) in [5, 5.41) is 10.9. The number of hydrogen-bond acceptors (Lipinski definition) is 4. The molecule has 37 heavy (non-hydrogen) atoms. The second kappa shape index (κ2) is 12.4. The second-order valence-electron chi connectivity index (χ2n) is 10.00. The maximum Gasteiger partial charge on any atom is 0.318 e. The average molecular weight is 504 g/mol. The molecule has 8 heteroatoms. The van der Waals surface area contributed by atoms with Gasteiger partial charge in [-0.3, -0.25) is 4.79 Å². The number of rotatable bonds is 9. The molecule has 0 bridgehead atoms. The second-order valence-corrected chi connectivity index (χ2v) is 10.00. The van der Waals surface area contributed by atoms with Crippen LogP contribution in [0.2, 0.25) is 0 Å². The summed E-state index contributed by atoms with van der Waals surface area (Å²) in [5.41, 5.74) is 2.46. The highest BCUT2D eigenvalue weighted by molar-refractivity contribution is 5.94. The molecule has 2 aromatic carbocycles. The number of urea groups is 1. The third-order valence-electron chi connectivity index (χ3n) is 6.50. The number of nitrogens with zero attached hydrogens (tertiary/aromatic N) is 3. The number of carbonyl (C=O) groups excluding carboxylic acids is 2. The number of methoxy groups -OCH3 is 1. The van der Waals surface area contributed by atoms with E-state index in [1.54, 1.807) is 16.7 Å². The summed E-state index contributed by atoms with van der Waals surface area (Å²) in [6.45, 7) is 4.55. The minimum absolute atomic E-state index is 0.0365. The van der Waals surface area contributed by atoms with Crippen molar-refractivity contribution in [2.45, 2.75) is 52.0 Å². The van der Waals surface area contributed by atoms with Gasteiger partial charge >= 0.3 is 6.03 Å². The van der Waals surface area contributed by atoms with Crippen molar-refractivity contribution in [1.29, 1.82) is 0 Å². The van der Waals surface area contributed by atoms with Gasteiger partial charge in [-0.05, 0) is 43.0 Å². The average Bonchev–Trinajstić information content (AvgIpc) is 3.32. The van der Waals surface area contributed by atoms with Gasteiger partial charge in [0, 0.05) is 24.2 Å². The van der Waals surface area contributed by atoms with Crippen LogP contribution in [0.15, 0.2) is 60.7 Å². The molecule has 2 N–H and O–H groups in total. The van der Waals surface area contributed by atoms with Crippen LogP contribution >= 0.6 is 0 Å². The van der Waals surface area contributed by atoms with Crippen LogP contribution in [0.3, 0.4) is 0 Å². The molecular formula is C29H37N5O3. The molecule has 196 valence electrons. The first kappa shape index (κ1) is 26.3. The summed E-state index contributed by atoms with van der Waals surface area (Å²) < 4.78 is 6.99. The van der Waals surface area contributed by atoms with E-state index in [1.807, 2.05) is 74.5 Å². The Labute approximate surface area is 219 Å². The van der Waals surface area contributed by atoms with Gasteiger partial charge in [-0.1, -0.05) is 63.4 Å². The smallest absolute Gasteiger partial charge is 0.318 e. The first-order valence-corrected chi connectivity index (χ1v) is 13.1. The fourth-order valence-corrected chi connectivity index (χ4v) is 4.67. The summed E-state index contributed by atoms with van der Waals surface area (Å²) in [6.07, 6.45) is 5.48. The van der Waals surface area contributed by atoms with Gasteiger partial charge in [0.15, 0.2) is 0 Å². The summed E-state index contributed by atoms with van der Waals surface area (Å²) in [6, 6.07) is 19.2. The van der Waals surface area contributed by atoms with Crippen LogP contribution < -0.4 is 15.4 Å². The van der Waals surface area contributed by atoms with Crippen LogP contribution in [0.25, 0.3) is 16.9 Å². The van der Waals surface area contributed by atoms with E-state index in [9.17, 15) is 9.59 Å². The Balaban J connectivity index is 1.54. The van der Waals surface area contributed by atoms with Crippen LogP contribution in [0.1, 0.15) is 46.0 Å². The monoisotopic (exact) mass is 503 g/mol. The van der Waals surface area contributed by atoms with Crippen molar-refractivity contribution in [3.05, 3.63) is 60.7 Å². The van der Waals surface area contributed by atoms with Crippen LogP contribution in [0.5, 0.6) is 5.75 Å². The summed E-state index contributed by atoms with van der Waals surface area (Å²) >= 11 is 0. The van der Waals surface area contributed by atoms with Gasteiger partial charge in [0.05, 0.1) is 18.5 Å². The summed E-state index contributed by atoms with van der Waals surface area (Å²) in [5.74, 6) is 1.23. The maximum absolute atomic E-state index is 13.2. The standard InChI is InChI=1S/C29H37N5O3/c1-21(2)19-33(29(36)30-23-12-8-5-9-13-23)20-28(35)31-27-18-26(22-10-6-4-7-11-22)32-34(27)24-14-16-25(37-3)17-15-24/h4,6-7,10-11,14-18,21,23H,5,8-9,12-13,19-20H2,1-3H3,(H,30,36)(H,31,35). The molecule has 0 atom stereocenters. The third kappa shape index (κ3) is 7.12. The zero-order valence-corrected chi connectivity index (χ0v) is 21.9. The molecular weight excluding hydrogens is 466 g/mol. The van der Waals surface area contributed by atoms with Gasteiger partial charge in [-0.2, -0.15) is 5.10 Å². The molecule has 0 spiro atoms. The molecule has 1 aliphatic carbocycles. The topological polar surface area (TPSA) is 88.5 Å². The lowest BCUT2D eigenvalue weighted by atomic mass is 9.96. The number of amides is 3. The molecule has 1 fully saturated rings. The first-order chi connectivity index (χ1) is 17.9. The van der Waals surface area contributed by atoms with Crippen LogP contribution in [0.4, 0.5) is 10.6 Å². The Morgan fingerprint density at radius 2 is 1.76 bits per heavy atom. The molecule has 0 saturated heterocycles. The van der Waals surface area contributed by atoms with E-state index < -0.39 is 0 Å². The van der Waals surface area contributed by atoms with Gasteiger partial charge in [-0.15, -0.1) is 0 Å².